The molecule has 0 N–H and O–H groups in total. The molecule has 4 heterocycles. The molecular weight excluding hydrogens is 848 g/mol. The number of pyridine rings is 2. The second-order valence-corrected chi connectivity index (χ2v) is 16.8. The van der Waals surface area contributed by atoms with Crippen LogP contribution in [0.4, 0.5) is 13.2 Å². The normalized spacial score (nSPS) is 11.7. The number of hydrogen-bond donors (Lipinski definition) is 0. The van der Waals surface area contributed by atoms with Crippen molar-refractivity contribution in [2.75, 3.05) is 0 Å². The predicted octanol–water partition coefficient (Wildman–Crippen LogP) is 15.9. The number of nitrogens with zero attached hydrogens (tertiary/aromatic N) is 5. The van der Waals surface area contributed by atoms with Gasteiger partial charge in [-0.05, 0) is 118 Å². The first-order valence-electron chi connectivity index (χ1n) is 22.2. The van der Waals surface area contributed by atoms with Crippen molar-refractivity contribution in [2.45, 2.75) is 6.18 Å². The summed E-state index contributed by atoms with van der Waals surface area (Å²) in [5.41, 5.74) is 11.3. The number of benzene rings is 8. The Morgan fingerprint density at radius 3 is 1.35 bits per heavy atom. The molecule has 0 aliphatic heterocycles. The summed E-state index contributed by atoms with van der Waals surface area (Å²) in [6.45, 7) is 0. The molecule has 68 heavy (non-hydrogen) atoms. The van der Waals surface area contributed by atoms with Crippen LogP contribution in [0.2, 0.25) is 0 Å². The fourth-order valence-corrected chi connectivity index (χ4v) is 9.74. The van der Waals surface area contributed by atoms with Crippen LogP contribution in [0, 0.1) is 11.3 Å². The molecule has 8 aromatic carbocycles. The van der Waals surface area contributed by atoms with Gasteiger partial charge in [0.1, 0.15) is 0 Å². The molecule has 0 aliphatic rings. The fourth-order valence-electron chi connectivity index (χ4n) is 9.74. The van der Waals surface area contributed by atoms with E-state index in [2.05, 4.69) is 63.1 Å². The van der Waals surface area contributed by atoms with Crippen LogP contribution in [0.15, 0.2) is 219 Å². The van der Waals surface area contributed by atoms with Crippen LogP contribution in [0.5, 0.6) is 0 Å². The van der Waals surface area contributed by atoms with Gasteiger partial charge in [0.05, 0.1) is 62.0 Å². The van der Waals surface area contributed by atoms with E-state index in [0.29, 0.717) is 16.9 Å². The highest BCUT2D eigenvalue weighted by Crippen LogP contribution is 2.46. The lowest BCUT2D eigenvalue weighted by molar-refractivity contribution is -0.137. The molecule has 0 aliphatic carbocycles. The Kier molecular flexibility index (Phi) is 9.59. The summed E-state index contributed by atoms with van der Waals surface area (Å²) in [5.74, 6) is 0. The Hall–Kier alpha value is -9.06. The van der Waals surface area contributed by atoms with E-state index >= 15 is 13.2 Å². The quantitative estimate of drug-likeness (QED) is 0.160. The van der Waals surface area contributed by atoms with Gasteiger partial charge < -0.3 is 9.13 Å². The van der Waals surface area contributed by atoms with Gasteiger partial charge in [-0.3, -0.25) is 9.97 Å². The van der Waals surface area contributed by atoms with Gasteiger partial charge >= 0.3 is 6.18 Å². The lowest BCUT2D eigenvalue weighted by Crippen LogP contribution is -2.12. The first-order chi connectivity index (χ1) is 33.3. The maximum Gasteiger partial charge on any atom is 0.417 e. The van der Waals surface area contributed by atoms with Crippen molar-refractivity contribution < 1.29 is 13.2 Å². The molecular formula is C60H36F3N5. The lowest BCUT2D eigenvalue weighted by Gasteiger charge is -2.22. The Morgan fingerprint density at radius 2 is 0.838 bits per heavy atom. The second-order valence-electron chi connectivity index (χ2n) is 16.8. The zero-order valence-corrected chi connectivity index (χ0v) is 36.2. The fraction of sp³-hybridized carbons (Fsp3) is 0.0167. The van der Waals surface area contributed by atoms with E-state index < -0.39 is 11.7 Å². The number of fused-ring (bicyclic) bond motifs is 6. The minimum Gasteiger partial charge on any atom is -0.307 e. The van der Waals surface area contributed by atoms with E-state index in [1.165, 1.54) is 12.1 Å². The molecule has 12 rings (SSSR count). The van der Waals surface area contributed by atoms with Crippen molar-refractivity contribution >= 4 is 43.6 Å². The van der Waals surface area contributed by atoms with Gasteiger partial charge in [-0.25, -0.2) is 0 Å². The van der Waals surface area contributed by atoms with E-state index in [4.69, 9.17) is 0 Å². The number of nitriles is 1. The molecule has 8 heteroatoms. The Labute approximate surface area is 388 Å². The van der Waals surface area contributed by atoms with Gasteiger partial charge in [-0.2, -0.15) is 18.4 Å². The highest BCUT2D eigenvalue weighted by molar-refractivity contribution is 6.13. The molecule has 0 unspecified atom stereocenters. The molecule has 0 saturated carbocycles. The van der Waals surface area contributed by atoms with Gasteiger partial charge in [-0.15, -0.1) is 0 Å². The van der Waals surface area contributed by atoms with Crippen molar-refractivity contribution in [2.24, 2.45) is 0 Å². The molecule has 12 aromatic rings. The largest absolute Gasteiger partial charge is 0.417 e. The van der Waals surface area contributed by atoms with Gasteiger partial charge in [0.25, 0.3) is 0 Å². The molecule has 322 valence electrons. The average molecular weight is 884 g/mol. The first-order valence-corrected chi connectivity index (χ1v) is 22.2. The molecule has 0 saturated heterocycles. The highest BCUT2D eigenvalue weighted by atomic mass is 19.4. The van der Waals surface area contributed by atoms with Gasteiger partial charge in [0.15, 0.2) is 0 Å². The van der Waals surface area contributed by atoms with Crippen molar-refractivity contribution in [3.63, 3.8) is 0 Å². The van der Waals surface area contributed by atoms with E-state index in [1.54, 1.807) is 30.5 Å². The topological polar surface area (TPSA) is 59.4 Å². The Balaban J connectivity index is 1.13. The van der Waals surface area contributed by atoms with Crippen molar-refractivity contribution in [3.8, 4) is 73.3 Å². The number of halogens is 3. The predicted molar refractivity (Wildman–Crippen MR) is 268 cm³/mol. The van der Waals surface area contributed by atoms with Crippen molar-refractivity contribution in [3.05, 3.63) is 230 Å². The van der Waals surface area contributed by atoms with Crippen LogP contribution in [0.25, 0.3) is 111 Å². The smallest absolute Gasteiger partial charge is 0.307 e. The summed E-state index contributed by atoms with van der Waals surface area (Å²) in [6, 6.07) is 67.9. The molecule has 0 amide bonds. The van der Waals surface area contributed by atoms with Crippen molar-refractivity contribution in [1.82, 2.24) is 19.1 Å². The molecule has 0 radical (unpaired) electrons. The third-order valence-electron chi connectivity index (χ3n) is 12.9. The average Bonchev–Trinajstić information content (AvgIpc) is 3.90. The number of alkyl halides is 3. The number of rotatable bonds is 7. The zero-order valence-electron chi connectivity index (χ0n) is 36.2. The second kappa shape index (κ2) is 16.1. The van der Waals surface area contributed by atoms with Crippen molar-refractivity contribution in [1.29, 1.82) is 5.26 Å². The monoisotopic (exact) mass is 883 g/mol. The maximum atomic E-state index is 15.8. The number of aromatic nitrogens is 4. The van der Waals surface area contributed by atoms with Crippen LogP contribution in [-0.2, 0) is 6.18 Å². The van der Waals surface area contributed by atoms with Gasteiger partial charge in [0, 0.05) is 45.1 Å². The van der Waals surface area contributed by atoms with Gasteiger partial charge in [-0.1, -0.05) is 121 Å². The van der Waals surface area contributed by atoms with Crippen LogP contribution < -0.4 is 0 Å². The molecule has 0 fully saturated rings. The third-order valence-corrected chi connectivity index (χ3v) is 12.9. The van der Waals surface area contributed by atoms with Crippen LogP contribution in [0.1, 0.15) is 11.1 Å². The molecule has 4 aromatic heterocycles. The van der Waals surface area contributed by atoms with E-state index in [-0.39, 0.29) is 11.1 Å². The number of para-hydroxylation sites is 2. The summed E-state index contributed by atoms with van der Waals surface area (Å²) in [6.07, 6.45) is -1.14. The zero-order chi connectivity index (χ0) is 45.9. The standard InChI is InChI=1S/C60H36F3N5/c61-60(62,63)51-36-59(68-55-21-10-8-19-47(55)50-32-42(23-25-57(50)68)44-27-29-66-53(34-44)40-15-5-2-6-16-40)58(35-48(51)45-17-11-12-38(30-45)37-64)67-54-20-9-7-18-46(54)49-31-41(22-24-56(49)67)43-26-28-65-52(33-43)39-13-3-1-4-14-39/h1-36H. The van der Waals surface area contributed by atoms with E-state index in [1.807, 2.05) is 138 Å². The maximum absolute atomic E-state index is 15.8. The lowest BCUT2D eigenvalue weighted by atomic mass is 9.95. The molecule has 5 nitrogen and oxygen atoms in total. The summed E-state index contributed by atoms with van der Waals surface area (Å²) < 4.78 is 51.4. The van der Waals surface area contributed by atoms with Crippen LogP contribution >= 0.6 is 0 Å². The minimum atomic E-state index is -4.76. The SMILES string of the molecule is N#Cc1cccc(-c2cc(-n3c4ccccc4c4cc(-c5ccnc(-c6ccccc6)c5)ccc43)c(-n3c4ccccc4c4cc(-c5ccnc(-c6ccccc6)c5)ccc43)cc2C(F)(F)F)c1. The molecule has 0 spiro atoms. The van der Waals surface area contributed by atoms with E-state index in [0.717, 1.165) is 88.4 Å². The van der Waals surface area contributed by atoms with Gasteiger partial charge in [0.2, 0.25) is 0 Å². The Morgan fingerprint density at radius 1 is 0.382 bits per heavy atom. The summed E-state index contributed by atoms with van der Waals surface area (Å²) in [4.78, 5) is 9.32. The van der Waals surface area contributed by atoms with Crippen LogP contribution in [0.3, 0.4) is 0 Å². The minimum absolute atomic E-state index is 0.0314. The summed E-state index contributed by atoms with van der Waals surface area (Å²) in [5, 5.41) is 13.6. The highest BCUT2D eigenvalue weighted by Gasteiger charge is 2.36. The summed E-state index contributed by atoms with van der Waals surface area (Å²) >= 11 is 0. The van der Waals surface area contributed by atoms with E-state index in [9.17, 15) is 5.26 Å². The third kappa shape index (κ3) is 6.88. The van der Waals surface area contributed by atoms with Crippen LogP contribution in [-0.4, -0.2) is 19.1 Å². The first kappa shape index (κ1) is 40.4. The molecule has 0 bridgehead atoms. The number of hydrogen-bond acceptors (Lipinski definition) is 3. The molecule has 0 atom stereocenters. The Bertz CT molecular complexity index is 3970. The summed E-state index contributed by atoms with van der Waals surface area (Å²) in [7, 11) is 0.